The minimum atomic E-state index is -1.06. The van der Waals surface area contributed by atoms with Gasteiger partial charge in [-0.05, 0) is 86.6 Å². The summed E-state index contributed by atoms with van der Waals surface area (Å²) in [7, 11) is 0. The lowest BCUT2D eigenvalue weighted by molar-refractivity contribution is -0.159. The molecule has 1 aliphatic heterocycles. The number of amides is 1. The first kappa shape index (κ1) is 24.1. The predicted octanol–water partition coefficient (Wildman–Crippen LogP) is 3.26. The Labute approximate surface area is 203 Å². The van der Waals surface area contributed by atoms with Crippen molar-refractivity contribution in [2.75, 3.05) is 13.1 Å². The molecule has 0 spiro atoms. The van der Waals surface area contributed by atoms with Crippen LogP contribution in [0.1, 0.15) is 82.8 Å². The summed E-state index contributed by atoms with van der Waals surface area (Å²) in [5.74, 6) is 1.47. The average Bonchev–Trinajstić information content (AvgIpc) is 3.58. The lowest BCUT2D eigenvalue weighted by Gasteiger charge is -2.60. The molecule has 1 aromatic rings. The Hall–Kier alpha value is -1.63. The summed E-state index contributed by atoms with van der Waals surface area (Å²) in [5.41, 5.74) is 0.508. The lowest BCUT2D eigenvalue weighted by Crippen LogP contribution is -2.72. The Kier molecular flexibility index (Phi) is 6.45. The fourth-order valence-electron chi connectivity index (χ4n) is 7.28. The summed E-state index contributed by atoms with van der Waals surface area (Å²) in [4.78, 5) is 15.2. The van der Waals surface area contributed by atoms with E-state index in [1.165, 1.54) is 18.4 Å². The molecular formula is C28H42N2O4. The molecule has 3 fully saturated rings. The van der Waals surface area contributed by atoms with Gasteiger partial charge in [-0.3, -0.25) is 9.69 Å². The van der Waals surface area contributed by atoms with Crippen LogP contribution in [0.5, 0.6) is 5.75 Å². The maximum Gasteiger partial charge on any atom is 0.220 e. The van der Waals surface area contributed by atoms with Crippen LogP contribution in [0.25, 0.3) is 0 Å². The van der Waals surface area contributed by atoms with Gasteiger partial charge >= 0.3 is 0 Å². The molecular weight excluding hydrogens is 428 g/mol. The standard InChI is InChI=1S/C28H42N2O4/c1-18(2)5-3-6-26(33)29-23-15-28(34)25-13-20-9-10-21(31)14-22(20)27(28,16-24(23)32)11-4-12-30(25)17-19-7-8-19/h9-10,14,18-19,23-25,31-32,34H,3-8,11-13,15-17H2,1-2H3,(H,29,33)/t23-,24+,25+,27+,28+/m0/s1. The number of carbonyl (C=O) groups excluding carboxylic acids is 1. The summed E-state index contributed by atoms with van der Waals surface area (Å²) >= 11 is 0. The molecule has 2 bridgehead atoms. The van der Waals surface area contributed by atoms with Gasteiger partial charge in [-0.25, -0.2) is 0 Å². The van der Waals surface area contributed by atoms with Crippen LogP contribution in [-0.4, -0.2) is 63.0 Å². The SMILES string of the molecule is CC(C)CCCC(=O)N[C@H]1C[C@@]2(O)[C@H]3Cc4ccc(O)cc4[C@@]2(CCCN3CC2CC2)C[C@H]1O. The zero-order valence-electron chi connectivity index (χ0n) is 20.8. The molecule has 1 saturated heterocycles. The van der Waals surface area contributed by atoms with Gasteiger partial charge in [0, 0.05) is 30.8 Å². The highest BCUT2D eigenvalue weighted by molar-refractivity contribution is 5.76. The predicted molar refractivity (Wildman–Crippen MR) is 132 cm³/mol. The van der Waals surface area contributed by atoms with Crippen molar-refractivity contribution in [1.29, 1.82) is 0 Å². The molecule has 1 heterocycles. The number of phenols is 1. The van der Waals surface area contributed by atoms with Crippen molar-refractivity contribution in [3.63, 3.8) is 0 Å². The number of fused-ring (bicyclic) bond motifs is 1. The quantitative estimate of drug-likeness (QED) is 0.491. The zero-order chi connectivity index (χ0) is 24.1. The number of nitrogens with zero attached hydrogens (tertiary/aromatic N) is 1. The second kappa shape index (κ2) is 9.11. The fraction of sp³-hybridized carbons (Fsp3) is 0.750. The maximum atomic E-state index is 12.7. The third-order valence-corrected chi connectivity index (χ3v) is 9.17. The van der Waals surface area contributed by atoms with Gasteiger partial charge in [0.25, 0.3) is 0 Å². The molecule has 1 amide bonds. The van der Waals surface area contributed by atoms with E-state index < -0.39 is 23.2 Å². The monoisotopic (exact) mass is 470 g/mol. The molecule has 4 N–H and O–H groups in total. The van der Waals surface area contributed by atoms with Crippen LogP contribution in [0.4, 0.5) is 0 Å². The van der Waals surface area contributed by atoms with E-state index in [0.29, 0.717) is 25.2 Å². The molecule has 34 heavy (non-hydrogen) atoms. The number of phenolic OH excluding ortho intramolecular Hbond substituents is 1. The number of hydrogen-bond acceptors (Lipinski definition) is 5. The van der Waals surface area contributed by atoms with Gasteiger partial charge in [-0.2, -0.15) is 0 Å². The number of benzene rings is 1. The van der Waals surface area contributed by atoms with Crippen LogP contribution in [0.2, 0.25) is 0 Å². The number of nitrogens with one attached hydrogen (secondary N) is 1. The normalized spacial score (nSPS) is 35.4. The zero-order valence-corrected chi connectivity index (χ0v) is 20.8. The van der Waals surface area contributed by atoms with Crippen LogP contribution in [0.15, 0.2) is 18.2 Å². The molecule has 188 valence electrons. The van der Waals surface area contributed by atoms with E-state index in [2.05, 4.69) is 24.1 Å². The molecule has 3 aliphatic carbocycles. The Balaban J connectivity index is 1.46. The number of aromatic hydroxyl groups is 1. The van der Waals surface area contributed by atoms with E-state index in [1.807, 2.05) is 12.1 Å². The van der Waals surface area contributed by atoms with Gasteiger partial charge in [0.15, 0.2) is 0 Å². The number of rotatable bonds is 7. The first-order chi connectivity index (χ1) is 16.2. The van der Waals surface area contributed by atoms with Crippen molar-refractivity contribution in [2.24, 2.45) is 11.8 Å². The molecule has 1 aromatic carbocycles. The van der Waals surface area contributed by atoms with Gasteiger partial charge in [0.1, 0.15) is 5.75 Å². The molecule has 0 radical (unpaired) electrons. The Morgan fingerprint density at radius 1 is 1.26 bits per heavy atom. The first-order valence-corrected chi connectivity index (χ1v) is 13.5. The van der Waals surface area contributed by atoms with E-state index in [-0.39, 0.29) is 17.7 Å². The van der Waals surface area contributed by atoms with Crippen LogP contribution in [0, 0.1) is 11.8 Å². The smallest absolute Gasteiger partial charge is 0.220 e. The van der Waals surface area contributed by atoms with Crippen molar-refractivity contribution in [3.05, 3.63) is 29.3 Å². The van der Waals surface area contributed by atoms with Gasteiger partial charge in [0.05, 0.1) is 17.7 Å². The van der Waals surface area contributed by atoms with Gasteiger partial charge in [-0.1, -0.05) is 26.3 Å². The second-order valence-electron chi connectivity index (χ2n) is 12.0. The number of hydrogen-bond donors (Lipinski definition) is 4. The summed E-state index contributed by atoms with van der Waals surface area (Å²) in [6.07, 6.45) is 7.36. The molecule has 5 atom stereocenters. The molecule has 5 rings (SSSR count). The Morgan fingerprint density at radius 2 is 2.06 bits per heavy atom. The van der Waals surface area contributed by atoms with Gasteiger partial charge < -0.3 is 20.6 Å². The molecule has 0 aromatic heterocycles. The van der Waals surface area contributed by atoms with Crippen LogP contribution in [-0.2, 0) is 16.6 Å². The molecule has 4 aliphatic rings. The Morgan fingerprint density at radius 3 is 2.79 bits per heavy atom. The van der Waals surface area contributed by atoms with Crippen molar-refractivity contribution >= 4 is 5.91 Å². The highest BCUT2D eigenvalue weighted by Crippen LogP contribution is 2.58. The average molecular weight is 471 g/mol. The molecule has 2 saturated carbocycles. The van der Waals surface area contributed by atoms with Gasteiger partial charge in [0.2, 0.25) is 5.91 Å². The van der Waals surface area contributed by atoms with Crippen molar-refractivity contribution in [1.82, 2.24) is 10.2 Å². The largest absolute Gasteiger partial charge is 0.508 e. The number of likely N-dealkylation sites (tertiary alicyclic amines) is 1. The summed E-state index contributed by atoms with van der Waals surface area (Å²) in [6.45, 7) is 6.29. The number of aliphatic hydroxyl groups is 2. The third-order valence-electron chi connectivity index (χ3n) is 9.17. The van der Waals surface area contributed by atoms with Crippen molar-refractivity contribution in [2.45, 2.75) is 107 Å². The van der Waals surface area contributed by atoms with Crippen LogP contribution >= 0.6 is 0 Å². The van der Waals surface area contributed by atoms with Gasteiger partial charge in [-0.15, -0.1) is 0 Å². The molecule has 6 heteroatoms. The van der Waals surface area contributed by atoms with Crippen molar-refractivity contribution < 1.29 is 20.1 Å². The Bertz CT molecular complexity index is 916. The van der Waals surface area contributed by atoms with E-state index >= 15 is 0 Å². The summed E-state index contributed by atoms with van der Waals surface area (Å²) < 4.78 is 0. The van der Waals surface area contributed by atoms with E-state index in [0.717, 1.165) is 56.7 Å². The van der Waals surface area contributed by atoms with E-state index in [1.54, 1.807) is 6.07 Å². The number of carbonyl (C=O) groups is 1. The minimum Gasteiger partial charge on any atom is -0.508 e. The second-order valence-corrected chi connectivity index (χ2v) is 12.0. The summed E-state index contributed by atoms with van der Waals surface area (Å²) in [5, 5.41) is 37.4. The van der Waals surface area contributed by atoms with Crippen molar-refractivity contribution in [3.8, 4) is 5.75 Å². The third kappa shape index (κ3) is 4.27. The highest BCUT2D eigenvalue weighted by atomic mass is 16.3. The topological polar surface area (TPSA) is 93.0 Å². The maximum absolute atomic E-state index is 12.7. The van der Waals surface area contributed by atoms with Crippen LogP contribution in [0.3, 0.4) is 0 Å². The highest BCUT2D eigenvalue weighted by Gasteiger charge is 2.65. The number of aliphatic hydroxyl groups excluding tert-OH is 1. The minimum absolute atomic E-state index is 0.0316. The lowest BCUT2D eigenvalue weighted by atomic mass is 9.50. The van der Waals surface area contributed by atoms with Crippen LogP contribution < -0.4 is 5.32 Å². The summed E-state index contributed by atoms with van der Waals surface area (Å²) in [6, 6.07) is 5.09. The molecule has 0 unspecified atom stereocenters. The first-order valence-electron chi connectivity index (χ1n) is 13.5. The fourth-order valence-corrected chi connectivity index (χ4v) is 7.28. The molecule has 6 nitrogen and oxygen atoms in total. The van der Waals surface area contributed by atoms with E-state index in [9.17, 15) is 20.1 Å². The van der Waals surface area contributed by atoms with E-state index in [4.69, 9.17) is 0 Å².